The predicted molar refractivity (Wildman–Crippen MR) is 123 cm³/mol. The van der Waals surface area contributed by atoms with Crippen molar-refractivity contribution in [1.29, 1.82) is 0 Å². The summed E-state index contributed by atoms with van der Waals surface area (Å²) in [6.07, 6.45) is 5.83. The minimum absolute atomic E-state index is 0.122. The van der Waals surface area contributed by atoms with E-state index in [0.717, 1.165) is 24.2 Å². The number of carbonyl (C=O) groups is 1. The molecule has 1 aliphatic rings. The quantitative estimate of drug-likeness (QED) is 0.620. The van der Waals surface area contributed by atoms with Crippen LogP contribution in [0.2, 0.25) is 0 Å². The number of hydrogen-bond donors (Lipinski definition) is 2. The Kier molecular flexibility index (Phi) is 7.38. The summed E-state index contributed by atoms with van der Waals surface area (Å²) >= 11 is 0. The smallest absolute Gasteiger partial charge is 0.241 e. The molecule has 3 rings (SSSR count). The Morgan fingerprint density at radius 2 is 1.77 bits per heavy atom. The van der Waals surface area contributed by atoms with Gasteiger partial charge in [-0.3, -0.25) is 4.79 Å². The molecule has 0 saturated heterocycles. The first-order valence-electron chi connectivity index (χ1n) is 10.8. The molecular formula is C24H32N2O4S. The molecule has 2 aromatic carbocycles. The Morgan fingerprint density at radius 1 is 1.06 bits per heavy atom. The van der Waals surface area contributed by atoms with Crippen molar-refractivity contribution in [2.75, 3.05) is 5.32 Å². The van der Waals surface area contributed by atoms with E-state index in [1.807, 2.05) is 24.3 Å². The van der Waals surface area contributed by atoms with Crippen molar-refractivity contribution >= 4 is 21.6 Å². The summed E-state index contributed by atoms with van der Waals surface area (Å²) in [6.45, 7) is 5.35. The van der Waals surface area contributed by atoms with Crippen molar-refractivity contribution in [3.63, 3.8) is 0 Å². The minimum Gasteiger partial charge on any atom is -0.490 e. The van der Waals surface area contributed by atoms with E-state index in [1.54, 1.807) is 32.9 Å². The summed E-state index contributed by atoms with van der Waals surface area (Å²) in [4.78, 5) is 12.6. The lowest BCUT2D eigenvalue weighted by Gasteiger charge is -2.20. The number of nitrogens with one attached hydrogen (secondary N) is 2. The van der Waals surface area contributed by atoms with Gasteiger partial charge in [0.15, 0.2) is 0 Å². The topological polar surface area (TPSA) is 84.5 Å². The summed E-state index contributed by atoms with van der Waals surface area (Å²) in [5.74, 6) is 0.689. The number of rotatable bonds is 8. The molecule has 7 heteroatoms. The van der Waals surface area contributed by atoms with Crippen LogP contribution in [0.1, 0.15) is 58.4 Å². The van der Waals surface area contributed by atoms with Gasteiger partial charge in [0, 0.05) is 17.6 Å². The van der Waals surface area contributed by atoms with Crippen LogP contribution in [0.3, 0.4) is 0 Å². The number of sulfonamides is 1. The zero-order valence-electron chi connectivity index (χ0n) is 18.5. The highest BCUT2D eigenvalue weighted by Gasteiger charge is 2.22. The Balaban J connectivity index is 1.56. The average Bonchev–Trinajstić information content (AvgIpc) is 3.18. The van der Waals surface area contributed by atoms with Crippen LogP contribution < -0.4 is 14.8 Å². The maximum Gasteiger partial charge on any atom is 0.241 e. The van der Waals surface area contributed by atoms with Gasteiger partial charge in [-0.05, 0) is 88.8 Å². The monoisotopic (exact) mass is 444 g/mol. The number of ether oxygens (including phenoxy) is 1. The lowest BCUT2D eigenvalue weighted by Crippen LogP contribution is -2.40. The van der Waals surface area contributed by atoms with Gasteiger partial charge >= 0.3 is 0 Å². The second-order valence-corrected chi connectivity index (χ2v) is 10.8. The van der Waals surface area contributed by atoms with E-state index >= 15 is 0 Å². The number of carbonyl (C=O) groups excluding carboxylic acids is 1. The molecule has 0 heterocycles. The number of amides is 1. The first-order chi connectivity index (χ1) is 14.6. The van der Waals surface area contributed by atoms with Crippen LogP contribution >= 0.6 is 0 Å². The molecule has 1 aliphatic carbocycles. The van der Waals surface area contributed by atoms with Crippen molar-refractivity contribution in [2.45, 2.75) is 75.8 Å². The van der Waals surface area contributed by atoms with Gasteiger partial charge < -0.3 is 10.1 Å². The maximum atomic E-state index is 12.5. The Morgan fingerprint density at radius 3 is 2.48 bits per heavy atom. The zero-order chi connectivity index (χ0) is 22.5. The summed E-state index contributed by atoms with van der Waals surface area (Å²) in [5.41, 5.74) is 0.908. The highest BCUT2D eigenvalue weighted by Crippen LogP contribution is 2.25. The molecule has 0 bridgehead atoms. The standard InChI is InChI=1S/C24H32N2O4S/c1-24(2,3)26-31(28,29)22-13-7-9-19(17-22)25-23(27)15-14-18-8-6-12-21(16-18)30-20-10-4-5-11-20/h6-9,12-13,16-17,20,26H,4-5,10-11,14-15H2,1-3H3,(H,25,27). The first-order valence-corrected chi connectivity index (χ1v) is 12.3. The summed E-state index contributed by atoms with van der Waals surface area (Å²) in [7, 11) is -3.66. The molecule has 0 atom stereocenters. The Bertz CT molecular complexity index is 1010. The second kappa shape index (κ2) is 9.83. The van der Waals surface area contributed by atoms with E-state index < -0.39 is 15.6 Å². The molecule has 0 unspecified atom stereocenters. The van der Waals surface area contributed by atoms with Gasteiger partial charge in [0.2, 0.25) is 15.9 Å². The van der Waals surface area contributed by atoms with Gasteiger partial charge in [-0.25, -0.2) is 13.1 Å². The summed E-state index contributed by atoms with van der Waals surface area (Å²) in [5, 5.41) is 2.80. The van der Waals surface area contributed by atoms with E-state index in [-0.39, 0.29) is 10.8 Å². The molecule has 2 aromatic rings. The molecule has 2 N–H and O–H groups in total. The van der Waals surface area contributed by atoms with Crippen LogP contribution in [0, 0.1) is 0 Å². The van der Waals surface area contributed by atoms with Crippen LogP contribution in [0.4, 0.5) is 5.69 Å². The van der Waals surface area contributed by atoms with Gasteiger partial charge in [-0.2, -0.15) is 0 Å². The third-order valence-corrected chi connectivity index (χ3v) is 6.77. The van der Waals surface area contributed by atoms with E-state index in [1.165, 1.54) is 25.0 Å². The lowest BCUT2D eigenvalue weighted by molar-refractivity contribution is -0.116. The molecule has 1 saturated carbocycles. The van der Waals surface area contributed by atoms with E-state index in [2.05, 4.69) is 10.0 Å². The Labute approximate surface area is 185 Å². The highest BCUT2D eigenvalue weighted by molar-refractivity contribution is 7.89. The van der Waals surface area contributed by atoms with Crippen molar-refractivity contribution in [3.8, 4) is 5.75 Å². The molecule has 0 radical (unpaired) electrons. The number of benzene rings is 2. The molecule has 0 aliphatic heterocycles. The normalized spacial score (nSPS) is 15.1. The molecular weight excluding hydrogens is 412 g/mol. The van der Waals surface area contributed by atoms with Gasteiger partial charge in [0.25, 0.3) is 0 Å². The van der Waals surface area contributed by atoms with Crippen molar-refractivity contribution in [3.05, 3.63) is 54.1 Å². The molecule has 0 spiro atoms. The van der Waals surface area contributed by atoms with E-state index in [0.29, 0.717) is 24.6 Å². The SMILES string of the molecule is CC(C)(C)NS(=O)(=O)c1cccc(NC(=O)CCc2cccc(OC3CCCC3)c2)c1. The highest BCUT2D eigenvalue weighted by atomic mass is 32.2. The van der Waals surface area contributed by atoms with E-state index in [9.17, 15) is 13.2 Å². The van der Waals surface area contributed by atoms with Gasteiger partial charge in [0.1, 0.15) is 5.75 Å². The molecule has 6 nitrogen and oxygen atoms in total. The van der Waals surface area contributed by atoms with Crippen molar-refractivity contribution < 1.29 is 17.9 Å². The zero-order valence-corrected chi connectivity index (χ0v) is 19.3. The fraction of sp³-hybridized carbons (Fsp3) is 0.458. The molecule has 168 valence electrons. The van der Waals surface area contributed by atoms with Crippen LogP contribution in [0.25, 0.3) is 0 Å². The Hall–Kier alpha value is -2.38. The number of hydrogen-bond acceptors (Lipinski definition) is 4. The minimum atomic E-state index is -3.66. The fourth-order valence-corrected chi connectivity index (χ4v) is 5.12. The van der Waals surface area contributed by atoms with Crippen LogP contribution in [-0.2, 0) is 21.2 Å². The lowest BCUT2D eigenvalue weighted by atomic mass is 10.1. The maximum absolute atomic E-state index is 12.5. The van der Waals surface area contributed by atoms with Crippen molar-refractivity contribution in [2.24, 2.45) is 0 Å². The molecule has 1 fully saturated rings. The van der Waals surface area contributed by atoms with Crippen LogP contribution in [0.5, 0.6) is 5.75 Å². The third kappa shape index (κ3) is 7.36. The molecule has 1 amide bonds. The third-order valence-electron chi connectivity index (χ3n) is 5.01. The van der Waals surface area contributed by atoms with Gasteiger partial charge in [-0.1, -0.05) is 18.2 Å². The summed E-state index contributed by atoms with van der Waals surface area (Å²) < 4.78 is 33.7. The fourth-order valence-electron chi connectivity index (χ4n) is 3.66. The summed E-state index contributed by atoms with van der Waals surface area (Å²) in [6, 6.07) is 14.2. The van der Waals surface area contributed by atoms with Gasteiger partial charge in [-0.15, -0.1) is 0 Å². The molecule has 0 aromatic heterocycles. The second-order valence-electron chi connectivity index (χ2n) is 9.10. The number of aryl methyl sites for hydroxylation is 1. The van der Waals surface area contributed by atoms with Crippen molar-refractivity contribution in [1.82, 2.24) is 4.72 Å². The van der Waals surface area contributed by atoms with E-state index in [4.69, 9.17) is 4.74 Å². The van der Waals surface area contributed by atoms with Crippen LogP contribution in [0.15, 0.2) is 53.4 Å². The first kappa shape index (κ1) is 23.3. The van der Waals surface area contributed by atoms with Gasteiger partial charge in [0.05, 0.1) is 11.0 Å². The largest absolute Gasteiger partial charge is 0.490 e. The average molecular weight is 445 g/mol. The van der Waals surface area contributed by atoms with Crippen LogP contribution in [-0.4, -0.2) is 26.0 Å². The molecule has 31 heavy (non-hydrogen) atoms. The predicted octanol–water partition coefficient (Wildman–Crippen LogP) is 4.66. The number of anilines is 1.